The number of hydrogen-bond acceptors (Lipinski definition) is 2. The van der Waals surface area contributed by atoms with Gasteiger partial charge in [0.25, 0.3) is 0 Å². The average Bonchev–Trinajstić information content (AvgIpc) is 2.73. The molecule has 4 nitrogen and oxygen atoms in total. The number of halogens is 4. The van der Waals surface area contributed by atoms with Crippen LogP contribution in [0.1, 0.15) is 34.1 Å². The zero-order chi connectivity index (χ0) is 16.0. The van der Waals surface area contributed by atoms with Gasteiger partial charge in [0.05, 0.1) is 6.54 Å². The number of aliphatic imine (C=N–C) groups is 1. The molecule has 132 valence electrons. The normalized spacial score (nSPS) is 21.6. The second-order valence-electron chi connectivity index (χ2n) is 5.98. The molecule has 1 rings (SSSR count). The maximum Gasteiger partial charge on any atom is 0.401 e. The van der Waals surface area contributed by atoms with Crippen LogP contribution < -0.4 is 10.6 Å². The maximum absolute atomic E-state index is 12.4. The highest BCUT2D eigenvalue weighted by atomic mass is 127. The van der Waals surface area contributed by atoms with Crippen LogP contribution in [0.5, 0.6) is 0 Å². The Morgan fingerprint density at radius 3 is 2.45 bits per heavy atom. The summed E-state index contributed by atoms with van der Waals surface area (Å²) in [5, 5.41) is 6.55. The molecule has 0 radical (unpaired) electrons. The molecule has 0 aromatic rings. The Morgan fingerprint density at radius 1 is 1.32 bits per heavy atom. The third kappa shape index (κ3) is 8.40. The number of likely N-dealkylation sites (tertiary alicyclic amines) is 1. The molecular formula is C14H28F3IN4. The largest absolute Gasteiger partial charge is 0.401 e. The first-order valence-electron chi connectivity index (χ1n) is 7.58. The van der Waals surface area contributed by atoms with Crippen molar-refractivity contribution in [3.8, 4) is 0 Å². The van der Waals surface area contributed by atoms with E-state index in [4.69, 9.17) is 0 Å². The van der Waals surface area contributed by atoms with Crippen LogP contribution in [0.25, 0.3) is 0 Å². The van der Waals surface area contributed by atoms with Crippen molar-refractivity contribution in [1.29, 1.82) is 0 Å². The van der Waals surface area contributed by atoms with Crippen LogP contribution in [-0.4, -0.2) is 55.3 Å². The molecule has 1 aliphatic heterocycles. The Labute approximate surface area is 148 Å². The lowest BCUT2D eigenvalue weighted by atomic mass is 10.1. The molecule has 0 aliphatic carbocycles. The van der Waals surface area contributed by atoms with Crippen LogP contribution in [0.4, 0.5) is 13.2 Å². The Morgan fingerprint density at radius 2 is 1.95 bits per heavy atom. The molecule has 0 aromatic heterocycles. The molecule has 8 heteroatoms. The maximum atomic E-state index is 12.4. The molecular weight excluding hydrogens is 408 g/mol. The Kier molecular flexibility index (Phi) is 9.68. The topological polar surface area (TPSA) is 39.7 Å². The summed E-state index contributed by atoms with van der Waals surface area (Å²) < 4.78 is 37.1. The molecule has 1 fully saturated rings. The van der Waals surface area contributed by atoms with Crippen molar-refractivity contribution < 1.29 is 13.2 Å². The fourth-order valence-corrected chi connectivity index (χ4v) is 2.21. The number of nitrogens with zero attached hydrogens (tertiary/aromatic N) is 2. The van der Waals surface area contributed by atoms with Gasteiger partial charge in [0.2, 0.25) is 0 Å². The summed E-state index contributed by atoms with van der Waals surface area (Å²) in [5.41, 5.74) is 0. The highest BCUT2D eigenvalue weighted by Crippen LogP contribution is 2.19. The summed E-state index contributed by atoms with van der Waals surface area (Å²) in [6, 6.07) is 0.278. The number of rotatable bonds is 5. The highest BCUT2D eigenvalue weighted by molar-refractivity contribution is 14.0. The van der Waals surface area contributed by atoms with E-state index in [9.17, 15) is 13.2 Å². The van der Waals surface area contributed by atoms with Gasteiger partial charge in [-0.3, -0.25) is 9.89 Å². The Hall–Kier alpha value is -0.250. The van der Waals surface area contributed by atoms with Crippen LogP contribution >= 0.6 is 24.0 Å². The van der Waals surface area contributed by atoms with E-state index in [2.05, 4.69) is 36.4 Å². The summed E-state index contributed by atoms with van der Waals surface area (Å²) in [5.74, 6) is 1.15. The van der Waals surface area contributed by atoms with E-state index in [1.165, 1.54) is 4.90 Å². The lowest BCUT2D eigenvalue weighted by Crippen LogP contribution is -2.49. The molecule has 1 saturated heterocycles. The van der Waals surface area contributed by atoms with E-state index in [1.807, 2.05) is 6.92 Å². The smallest absolute Gasteiger partial charge is 0.354 e. The van der Waals surface area contributed by atoms with Crippen LogP contribution in [-0.2, 0) is 0 Å². The van der Waals surface area contributed by atoms with Gasteiger partial charge in [0, 0.05) is 31.7 Å². The van der Waals surface area contributed by atoms with Gasteiger partial charge in [-0.25, -0.2) is 0 Å². The number of alkyl halides is 3. The predicted molar refractivity (Wildman–Crippen MR) is 94.9 cm³/mol. The van der Waals surface area contributed by atoms with E-state index in [0.717, 1.165) is 0 Å². The van der Waals surface area contributed by atoms with Gasteiger partial charge in [-0.15, -0.1) is 24.0 Å². The number of guanidine groups is 1. The lowest BCUT2D eigenvalue weighted by Gasteiger charge is -2.24. The first-order chi connectivity index (χ1) is 9.71. The first kappa shape index (κ1) is 21.8. The fraction of sp³-hybridized carbons (Fsp3) is 0.929. The van der Waals surface area contributed by atoms with Crippen molar-refractivity contribution in [2.75, 3.05) is 26.2 Å². The molecule has 0 aromatic carbocycles. The molecule has 1 heterocycles. The van der Waals surface area contributed by atoms with Crippen LogP contribution in [0, 0.1) is 5.92 Å². The molecule has 0 bridgehead atoms. The predicted octanol–water partition coefficient (Wildman–Crippen LogP) is 2.84. The van der Waals surface area contributed by atoms with Crippen LogP contribution in [0.2, 0.25) is 0 Å². The zero-order valence-corrected chi connectivity index (χ0v) is 16.0. The summed E-state index contributed by atoms with van der Waals surface area (Å²) in [6.07, 6.45) is -3.42. The minimum Gasteiger partial charge on any atom is -0.354 e. The third-order valence-electron chi connectivity index (χ3n) is 3.70. The first-order valence-corrected chi connectivity index (χ1v) is 7.58. The Bertz CT molecular complexity index is 347. The molecule has 0 amide bonds. The van der Waals surface area contributed by atoms with Gasteiger partial charge < -0.3 is 10.6 Å². The van der Waals surface area contributed by atoms with Gasteiger partial charge in [-0.1, -0.05) is 13.8 Å². The zero-order valence-electron chi connectivity index (χ0n) is 13.7. The molecule has 1 aliphatic rings. The quantitative estimate of drug-likeness (QED) is 0.396. The SMILES string of the molecule is CCN=C(NC1CCN(CC(F)(F)F)C1)NC(C)C(C)C.I. The number of nitrogens with one attached hydrogen (secondary N) is 2. The van der Waals surface area contributed by atoms with Crippen molar-refractivity contribution in [1.82, 2.24) is 15.5 Å². The highest BCUT2D eigenvalue weighted by Gasteiger charge is 2.34. The molecule has 2 N–H and O–H groups in total. The average molecular weight is 436 g/mol. The van der Waals surface area contributed by atoms with Gasteiger partial charge in [-0.05, 0) is 26.2 Å². The van der Waals surface area contributed by atoms with Crippen molar-refractivity contribution in [2.45, 2.75) is 52.4 Å². The summed E-state index contributed by atoms with van der Waals surface area (Å²) >= 11 is 0. The fourth-order valence-electron chi connectivity index (χ4n) is 2.21. The summed E-state index contributed by atoms with van der Waals surface area (Å²) in [6.45, 7) is 8.91. The summed E-state index contributed by atoms with van der Waals surface area (Å²) in [4.78, 5) is 5.80. The Balaban J connectivity index is 0.00000441. The van der Waals surface area contributed by atoms with E-state index in [1.54, 1.807) is 0 Å². The molecule has 22 heavy (non-hydrogen) atoms. The second-order valence-corrected chi connectivity index (χ2v) is 5.98. The van der Waals surface area contributed by atoms with Crippen molar-refractivity contribution >= 4 is 29.9 Å². The number of hydrogen-bond donors (Lipinski definition) is 2. The van der Waals surface area contributed by atoms with E-state index >= 15 is 0 Å². The van der Waals surface area contributed by atoms with Crippen LogP contribution in [0.3, 0.4) is 0 Å². The molecule has 2 atom stereocenters. The minimum atomic E-state index is -4.13. The molecule has 2 unspecified atom stereocenters. The van der Waals surface area contributed by atoms with Gasteiger partial charge >= 0.3 is 6.18 Å². The summed E-state index contributed by atoms with van der Waals surface area (Å²) in [7, 11) is 0. The van der Waals surface area contributed by atoms with Crippen molar-refractivity contribution in [3.05, 3.63) is 0 Å². The van der Waals surface area contributed by atoms with E-state index in [0.29, 0.717) is 37.9 Å². The van der Waals surface area contributed by atoms with E-state index in [-0.39, 0.29) is 36.1 Å². The van der Waals surface area contributed by atoms with Crippen molar-refractivity contribution in [2.24, 2.45) is 10.9 Å². The van der Waals surface area contributed by atoms with Crippen molar-refractivity contribution in [3.63, 3.8) is 0 Å². The standard InChI is InChI=1S/C14H27F3N4.HI/c1-5-18-13(19-11(4)10(2)3)20-12-6-7-21(8-12)9-14(15,16)17;/h10-12H,5-9H2,1-4H3,(H2,18,19,20);1H. The third-order valence-corrected chi connectivity index (χ3v) is 3.70. The monoisotopic (exact) mass is 436 g/mol. The lowest BCUT2D eigenvalue weighted by molar-refractivity contribution is -0.143. The van der Waals surface area contributed by atoms with Gasteiger partial charge in [0.1, 0.15) is 0 Å². The van der Waals surface area contributed by atoms with Gasteiger partial charge in [0.15, 0.2) is 5.96 Å². The molecule has 0 saturated carbocycles. The van der Waals surface area contributed by atoms with E-state index < -0.39 is 12.7 Å². The minimum absolute atomic E-state index is 0. The second kappa shape index (κ2) is 9.79. The molecule has 0 spiro atoms. The van der Waals surface area contributed by atoms with Gasteiger partial charge in [-0.2, -0.15) is 13.2 Å². The van der Waals surface area contributed by atoms with Crippen LogP contribution in [0.15, 0.2) is 4.99 Å².